The molecule has 0 aliphatic carbocycles. The fourth-order valence-electron chi connectivity index (χ4n) is 2.30. The van der Waals surface area contributed by atoms with Crippen molar-refractivity contribution in [2.75, 3.05) is 13.1 Å². The Morgan fingerprint density at radius 3 is 3.00 bits per heavy atom. The number of hydrogen-bond acceptors (Lipinski definition) is 3. The molecule has 0 unspecified atom stereocenters. The van der Waals surface area contributed by atoms with Crippen LogP contribution in [0.3, 0.4) is 0 Å². The predicted octanol–water partition coefficient (Wildman–Crippen LogP) is 1.40. The standard InChI is InChI=1S/C14H21N3O/c1-11-2-5-16-9-13(11)10-17-14(18)8-12-3-6-15-7-4-12/h2,5,9,12,15H,3-4,6-8,10H2,1H3,(H,17,18). The fourth-order valence-corrected chi connectivity index (χ4v) is 2.30. The molecule has 1 aliphatic rings. The van der Waals surface area contributed by atoms with Crippen LogP contribution in [0.15, 0.2) is 18.5 Å². The highest BCUT2D eigenvalue weighted by molar-refractivity contribution is 5.76. The van der Waals surface area contributed by atoms with Crippen molar-refractivity contribution in [3.05, 3.63) is 29.6 Å². The van der Waals surface area contributed by atoms with Crippen LogP contribution >= 0.6 is 0 Å². The molecule has 1 aliphatic heterocycles. The van der Waals surface area contributed by atoms with Crippen molar-refractivity contribution in [3.8, 4) is 0 Å². The molecule has 0 atom stereocenters. The van der Waals surface area contributed by atoms with Crippen LogP contribution in [0.4, 0.5) is 0 Å². The zero-order chi connectivity index (χ0) is 12.8. The lowest BCUT2D eigenvalue weighted by molar-refractivity contribution is -0.122. The van der Waals surface area contributed by atoms with E-state index in [0.717, 1.165) is 31.5 Å². The number of nitrogens with one attached hydrogen (secondary N) is 2. The molecule has 0 saturated carbocycles. The van der Waals surface area contributed by atoms with E-state index in [4.69, 9.17) is 0 Å². The Labute approximate surface area is 108 Å². The highest BCUT2D eigenvalue weighted by Crippen LogP contribution is 2.15. The number of carbonyl (C=O) groups is 1. The summed E-state index contributed by atoms with van der Waals surface area (Å²) in [5, 5.41) is 6.30. The van der Waals surface area contributed by atoms with E-state index in [0.29, 0.717) is 18.9 Å². The third kappa shape index (κ3) is 3.81. The Morgan fingerprint density at radius 1 is 1.50 bits per heavy atom. The summed E-state index contributed by atoms with van der Waals surface area (Å²) in [6.07, 6.45) is 6.47. The number of piperidine rings is 1. The lowest BCUT2D eigenvalue weighted by atomic mass is 9.94. The number of carbonyl (C=O) groups excluding carboxylic acids is 1. The molecule has 1 saturated heterocycles. The van der Waals surface area contributed by atoms with Crippen molar-refractivity contribution in [2.24, 2.45) is 5.92 Å². The monoisotopic (exact) mass is 247 g/mol. The summed E-state index contributed by atoms with van der Waals surface area (Å²) in [4.78, 5) is 15.9. The van der Waals surface area contributed by atoms with Gasteiger partial charge in [-0.2, -0.15) is 0 Å². The molecular weight excluding hydrogens is 226 g/mol. The molecule has 4 heteroatoms. The molecule has 1 aromatic rings. The van der Waals surface area contributed by atoms with Gasteiger partial charge in [0.1, 0.15) is 0 Å². The van der Waals surface area contributed by atoms with Gasteiger partial charge in [-0.05, 0) is 56.0 Å². The Kier molecular flexibility index (Phi) is 4.70. The average molecular weight is 247 g/mol. The maximum absolute atomic E-state index is 11.8. The normalized spacial score (nSPS) is 16.5. The first kappa shape index (κ1) is 13.0. The number of aromatic nitrogens is 1. The molecule has 1 fully saturated rings. The molecule has 0 aromatic carbocycles. The third-order valence-corrected chi connectivity index (χ3v) is 3.56. The second-order valence-electron chi connectivity index (χ2n) is 4.98. The first-order valence-corrected chi connectivity index (χ1v) is 6.62. The maximum Gasteiger partial charge on any atom is 0.220 e. The molecule has 2 rings (SSSR count). The molecule has 18 heavy (non-hydrogen) atoms. The Bertz CT molecular complexity index is 400. The minimum absolute atomic E-state index is 0.158. The van der Waals surface area contributed by atoms with Gasteiger partial charge in [0.2, 0.25) is 5.91 Å². The van der Waals surface area contributed by atoms with Crippen molar-refractivity contribution < 1.29 is 4.79 Å². The number of nitrogens with zero attached hydrogens (tertiary/aromatic N) is 1. The summed E-state index contributed by atoms with van der Waals surface area (Å²) in [5.74, 6) is 0.700. The number of rotatable bonds is 4. The molecule has 1 aromatic heterocycles. The van der Waals surface area contributed by atoms with Gasteiger partial charge in [-0.3, -0.25) is 9.78 Å². The Hall–Kier alpha value is -1.42. The van der Waals surface area contributed by atoms with Gasteiger partial charge in [-0.25, -0.2) is 0 Å². The number of pyridine rings is 1. The third-order valence-electron chi connectivity index (χ3n) is 3.56. The summed E-state index contributed by atoms with van der Waals surface area (Å²) in [6.45, 7) is 4.71. The summed E-state index contributed by atoms with van der Waals surface area (Å²) in [7, 11) is 0. The molecule has 2 N–H and O–H groups in total. The molecule has 4 nitrogen and oxygen atoms in total. The van der Waals surface area contributed by atoms with Gasteiger partial charge in [0.15, 0.2) is 0 Å². The molecule has 1 amide bonds. The predicted molar refractivity (Wildman–Crippen MR) is 71.0 cm³/mol. The largest absolute Gasteiger partial charge is 0.352 e. The van der Waals surface area contributed by atoms with Crippen molar-refractivity contribution >= 4 is 5.91 Å². The first-order valence-electron chi connectivity index (χ1n) is 6.62. The highest BCUT2D eigenvalue weighted by Gasteiger charge is 2.16. The number of hydrogen-bond donors (Lipinski definition) is 2. The zero-order valence-electron chi connectivity index (χ0n) is 10.9. The van der Waals surface area contributed by atoms with Crippen LogP contribution in [0, 0.1) is 12.8 Å². The maximum atomic E-state index is 11.8. The molecular formula is C14H21N3O. The minimum Gasteiger partial charge on any atom is -0.352 e. The Balaban J connectivity index is 1.76. The van der Waals surface area contributed by atoms with Crippen LogP contribution in [0.1, 0.15) is 30.4 Å². The van der Waals surface area contributed by atoms with Crippen molar-refractivity contribution in [3.63, 3.8) is 0 Å². The van der Waals surface area contributed by atoms with Gasteiger partial charge in [-0.1, -0.05) is 0 Å². The average Bonchev–Trinajstić information content (AvgIpc) is 2.39. The van der Waals surface area contributed by atoms with Crippen LogP contribution in [0.5, 0.6) is 0 Å². The summed E-state index contributed by atoms with van der Waals surface area (Å²) in [6, 6.07) is 1.97. The second-order valence-corrected chi connectivity index (χ2v) is 4.98. The van der Waals surface area contributed by atoms with Gasteiger partial charge in [0.25, 0.3) is 0 Å². The van der Waals surface area contributed by atoms with E-state index in [-0.39, 0.29) is 5.91 Å². The van der Waals surface area contributed by atoms with E-state index >= 15 is 0 Å². The van der Waals surface area contributed by atoms with Gasteiger partial charge >= 0.3 is 0 Å². The quantitative estimate of drug-likeness (QED) is 0.845. The van der Waals surface area contributed by atoms with Crippen LogP contribution in [0.2, 0.25) is 0 Å². The zero-order valence-corrected chi connectivity index (χ0v) is 10.9. The molecule has 98 valence electrons. The van der Waals surface area contributed by atoms with E-state index in [1.54, 1.807) is 6.20 Å². The van der Waals surface area contributed by atoms with Crippen LogP contribution in [-0.2, 0) is 11.3 Å². The van der Waals surface area contributed by atoms with E-state index in [2.05, 4.69) is 15.6 Å². The highest BCUT2D eigenvalue weighted by atomic mass is 16.1. The van der Waals surface area contributed by atoms with Gasteiger partial charge < -0.3 is 10.6 Å². The van der Waals surface area contributed by atoms with Gasteiger partial charge in [-0.15, -0.1) is 0 Å². The van der Waals surface area contributed by atoms with Gasteiger partial charge in [0, 0.05) is 25.4 Å². The molecule has 2 heterocycles. The minimum atomic E-state index is 0.158. The summed E-state index contributed by atoms with van der Waals surface area (Å²) >= 11 is 0. The van der Waals surface area contributed by atoms with Crippen LogP contribution in [0.25, 0.3) is 0 Å². The SMILES string of the molecule is Cc1ccncc1CNC(=O)CC1CCNCC1. The van der Waals surface area contributed by atoms with E-state index in [1.807, 2.05) is 19.2 Å². The van der Waals surface area contributed by atoms with Gasteiger partial charge in [0.05, 0.1) is 0 Å². The number of amides is 1. The smallest absolute Gasteiger partial charge is 0.220 e. The second kappa shape index (κ2) is 6.50. The van der Waals surface area contributed by atoms with Crippen LogP contribution < -0.4 is 10.6 Å². The molecule has 0 radical (unpaired) electrons. The number of aryl methyl sites for hydroxylation is 1. The Morgan fingerprint density at radius 2 is 2.28 bits per heavy atom. The van der Waals surface area contributed by atoms with Crippen molar-refractivity contribution in [2.45, 2.75) is 32.7 Å². The lowest BCUT2D eigenvalue weighted by Crippen LogP contribution is -2.32. The fraction of sp³-hybridized carbons (Fsp3) is 0.571. The summed E-state index contributed by atoms with van der Waals surface area (Å²) in [5.41, 5.74) is 2.27. The van der Waals surface area contributed by atoms with E-state index < -0.39 is 0 Å². The van der Waals surface area contributed by atoms with Crippen molar-refractivity contribution in [1.29, 1.82) is 0 Å². The van der Waals surface area contributed by atoms with Crippen molar-refractivity contribution in [1.82, 2.24) is 15.6 Å². The first-order chi connectivity index (χ1) is 8.75. The molecule has 0 spiro atoms. The molecule has 0 bridgehead atoms. The summed E-state index contributed by atoms with van der Waals surface area (Å²) < 4.78 is 0. The van der Waals surface area contributed by atoms with E-state index in [9.17, 15) is 4.79 Å². The topological polar surface area (TPSA) is 54.0 Å². The van der Waals surface area contributed by atoms with Crippen LogP contribution in [-0.4, -0.2) is 24.0 Å². The van der Waals surface area contributed by atoms with E-state index in [1.165, 1.54) is 5.56 Å². The lowest BCUT2D eigenvalue weighted by Gasteiger charge is -2.21.